The van der Waals surface area contributed by atoms with Crippen molar-refractivity contribution in [3.05, 3.63) is 24.5 Å². The van der Waals surface area contributed by atoms with Crippen molar-refractivity contribution in [3.63, 3.8) is 0 Å². The molecule has 0 bridgehead atoms. The van der Waals surface area contributed by atoms with Gasteiger partial charge in [-0.1, -0.05) is 0 Å². The predicted molar refractivity (Wildman–Crippen MR) is 56.5 cm³/mol. The zero-order valence-electron chi connectivity index (χ0n) is 8.69. The molecule has 0 aliphatic heterocycles. The maximum atomic E-state index is 5.58. The third-order valence-corrected chi connectivity index (χ3v) is 2.07. The molecule has 0 fully saturated rings. The van der Waals surface area contributed by atoms with Crippen molar-refractivity contribution >= 4 is 11.0 Å². The largest absolute Gasteiger partial charge is 0.491 e. The van der Waals surface area contributed by atoms with E-state index in [0.717, 1.165) is 16.8 Å². The molecule has 0 atom stereocenters. The standard InChI is InChI=1S/C11H14N2O/c1-8(2)14-9-4-5-11-10(6-9)12-7-13(11)3/h4-8H,1-3H3. The van der Waals surface area contributed by atoms with E-state index < -0.39 is 0 Å². The molecule has 0 amide bonds. The highest BCUT2D eigenvalue weighted by atomic mass is 16.5. The molecule has 3 heteroatoms. The molecule has 0 spiro atoms. The Hall–Kier alpha value is -1.51. The van der Waals surface area contributed by atoms with Gasteiger partial charge in [-0.15, -0.1) is 0 Å². The van der Waals surface area contributed by atoms with Crippen LogP contribution < -0.4 is 4.74 Å². The van der Waals surface area contributed by atoms with Crippen molar-refractivity contribution < 1.29 is 4.74 Å². The zero-order chi connectivity index (χ0) is 10.1. The minimum Gasteiger partial charge on any atom is -0.491 e. The minimum atomic E-state index is 0.205. The highest BCUT2D eigenvalue weighted by molar-refractivity contribution is 5.76. The number of nitrogens with zero attached hydrogens (tertiary/aromatic N) is 2. The van der Waals surface area contributed by atoms with Crippen molar-refractivity contribution in [1.82, 2.24) is 9.55 Å². The predicted octanol–water partition coefficient (Wildman–Crippen LogP) is 2.36. The van der Waals surface area contributed by atoms with Gasteiger partial charge in [0, 0.05) is 13.1 Å². The highest BCUT2D eigenvalue weighted by Gasteiger charge is 2.02. The number of fused-ring (bicyclic) bond motifs is 1. The number of imidazole rings is 1. The third kappa shape index (κ3) is 1.58. The van der Waals surface area contributed by atoms with Crippen LogP contribution in [0.1, 0.15) is 13.8 Å². The van der Waals surface area contributed by atoms with Gasteiger partial charge in [-0.3, -0.25) is 0 Å². The average molecular weight is 190 g/mol. The summed E-state index contributed by atoms with van der Waals surface area (Å²) < 4.78 is 7.58. The third-order valence-electron chi connectivity index (χ3n) is 2.07. The van der Waals surface area contributed by atoms with Crippen LogP contribution in [0.15, 0.2) is 24.5 Å². The van der Waals surface area contributed by atoms with Crippen LogP contribution in [0, 0.1) is 0 Å². The highest BCUT2D eigenvalue weighted by Crippen LogP contribution is 2.19. The van der Waals surface area contributed by atoms with E-state index in [1.54, 1.807) is 0 Å². The number of aromatic nitrogens is 2. The summed E-state index contributed by atoms with van der Waals surface area (Å²) in [6.45, 7) is 4.03. The smallest absolute Gasteiger partial charge is 0.121 e. The number of hydrogen-bond acceptors (Lipinski definition) is 2. The molecule has 0 saturated heterocycles. The molecule has 14 heavy (non-hydrogen) atoms. The Morgan fingerprint density at radius 1 is 1.36 bits per heavy atom. The number of aryl methyl sites for hydroxylation is 1. The van der Waals surface area contributed by atoms with Gasteiger partial charge in [0.15, 0.2) is 0 Å². The number of rotatable bonds is 2. The van der Waals surface area contributed by atoms with E-state index >= 15 is 0 Å². The Morgan fingerprint density at radius 3 is 2.86 bits per heavy atom. The van der Waals surface area contributed by atoms with Crippen LogP contribution in [-0.4, -0.2) is 15.7 Å². The van der Waals surface area contributed by atoms with Crippen LogP contribution >= 0.6 is 0 Å². The molecular formula is C11H14N2O. The maximum absolute atomic E-state index is 5.58. The van der Waals surface area contributed by atoms with E-state index in [0.29, 0.717) is 0 Å². The number of ether oxygens (including phenoxy) is 1. The van der Waals surface area contributed by atoms with Crippen LogP contribution in [-0.2, 0) is 7.05 Å². The first-order valence-electron chi connectivity index (χ1n) is 4.74. The molecule has 2 rings (SSSR count). The van der Waals surface area contributed by atoms with E-state index in [9.17, 15) is 0 Å². The zero-order valence-corrected chi connectivity index (χ0v) is 8.69. The molecular weight excluding hydrogens is 176 g/mol. The first kappa shape index (κ1) is 9.06. The minimum absolute atomic E-state index is 0.205. The van der Waals surface area contributed by atoms with E-state index in [-0.39, 0.29) is 6.10 Å². The summed E-state index contributed by atoms with van der Waals surface area (Å²) in [6, 6.07) is 5.97. The Morgan fingerprint density at radius 2 is 2.14 bits per heavy atom. The molecule has 0 aliphatic carbocycles. The van der Waals surface area contributed by atoms with Crippen molar-refractivity contribution in [1.29, 1.82) is 0 Å². The second-order valence-electron chi connectivity index (χ2n) is 3.67. The van der Waals surface area contributed by atoms with Gasteiger partial charge in [0.25, 0.3) is 0 Å². The van der Waals surface area contributed by atoms with Crippen LogP contribution in [0.3, 0.4) is 0 Å². The topological polar surface area (TPSA) is 27.1 Å². The lowest BCUT2D eigenvalue weighted by atomic mass is 10.3. The van der Waals surface area contributed by atoms with Crippen LogP contribution in [0.4, 0.5) is 0 Å². The van der Waals surface area contributed by atoms with Crippen LogP contribution in [0.5, 0.6) is 5.75 Å². The fourth-order valence-corrected chi connectivity index (χ4v) is 1.46. The number of hydrogen-bond donors (Lipinski definition) is 0. The summed E-state index contributed by atoms with van der Waals surface area (Å²) in [5, 5.41) is 0. The quantitative estimate of drug-likeness (QED) is 0.726. The average Bonchev–Trinajstić information content (AvgIpc) is 2.46. The fraction of sp³-hybridized carbons (Fsp3) is 0.364. The van der Waals surface area contributed by atoms with Crippen molar-refractivity contribution in [2.75, 3.05) is 0 Å². The van der Waals surface area contributed by atoms with Gasteiger partial charge in [0.05, 0.1) is 23.5 Å². The van der Waals surface area contributed by atoms with E-state index in [4.69, 9.17) is 4.74 Å². The Bertz CT molecular complexity index is 445. The molecule has 1 heterocycles. The summed E-state index contributed by atoms with van der Waals surface area (Å²) in [6.07, 6.45) is 2.01. The molecule has 2 aromatic rings. The van der Waals surface area contributed by atoms with Gasteiger partial charge in [0.1, 0.15) is 5.75 Å². The second-order valence-corrected chi connectivity index (χ2v) is 3.67. The second kappa shape index (κ2) is 3.33. The maximum Gasteiger partial charge on any atom is 0.121 e. The van der Waals surface area contributed by atoms with Gasteiger partial charge < -0.3 is 9.30 Å². The molecule has 74 valence electrons. The Labute approximate surface area is 83.3 Å². The molecule has 1 aromatic heterocycles. The molecule has 0 N–H and O–H groups in total. The Balaban J connectivity index is 2.42. The first-order valence-corrected chi connectivity index (χ1v) is 4.74. The van der Waals surface area contributed by atoms with Gasteiger partial charge in [-0.05, 0) is 26.0 Å². The van der Waals surface area contributed by atoms with Gasteiger partial charge >= 0.3 is 0 Å². The van der Waals surface area contributed by atoms with Crippen LogP contribution in [0.25, 0.3) is 11.0 Å². The van der Waals surface area contributed by atoms with E-state index in [2.05, 4.69) is 4.98 Å². The summed E-state index contributed by atoms with van der Waals surface area (Å²) >= 11 is 0. The normalized spacial score (nSPS) is 11.1. The van der Waals surface area contributed by atoms with Gasteiger partial charge in [0.2, 0.25) is 0 Å². The lowest BCUT2D eigenvalue weighted by molar-refractivity contribution is 0.242. The van der Waals surface area contributed by atoms with Crippen molar-refractivity contribution in [2.45, 2.75) is 20.0 Å². The molecule has 3 nitrogen and oxygen atoms in total. The fourth-order valence-electron chi connectivity index (χ4n) is 1.46. The lowest BCUT2D eigenvalue weighted by Crippen LogP contribution is -2.05. The number of benzene rings is 1. The van der Waals surface area contributed by atoms with Gasteiger partial charge in [-0.2, -0.15) is 0 Å². The monoisotopic (exact) mass is 190 g/mol. The first-order chi connectivity index (χ1) is 6.66. The lowest BCUT2D eigenvalue weighted by Gasteiger charge is -2.08. The SMILES string of the molecule is CC(C)Oc1ccc2c(c1)ncn2C. The van der Waals surface area contributed by atoms with Crippen LogP contribution in [0.2, 0.25) is 0 Å². The summed E-state index contributed by atoms with van der Waals surface area (Å²) in [5.41, 5.74) is 2.10. The van der Waals surface area contributed by atoms with Crippen molar-refractivity contribution in [2.24, 2.45) is 7.05 Å². The van der Waals surface area contributed by atoms with E-state index in [1.165, 1.54) is 0 Å². The van der Waals surface area contributed by atoms with Gasteiger partial charge in [-0.25, -0.2) is 4.98 Å². The molecule has 0 aliphatic rings. The Kier molecular flexibility index (Phi) is 2.15. The summed E-state index contributed by atoms with van der Waals surface area (Å²) in [4.78, 5) is 4.27. The molecule has 0 saturated carbocycles. The summed E-state index contributed by atoms with van der Waals surface area (Å²) in [5.74, 6) is 0.881. The van der Waals surface area contributed by atoms with Crippen molar-refractivity contribution in [3.8, 4) is 5.75 Å². The van der Waals surface area contributed by atoms with E-state index in [1.807, 2.05) is 50.0 Å². The molecule has 0 unspecified atom stereocenters. The molecule has 1 aromatic carbocycles. The summed E-state index contributed by atoms with van der Waals surface area (Å²) in [7, 11) is 1.98. The molecule has 0 radical (unpaired) electrons.